The van der Waals surface area contributed by atoms with E-state index in [4.69, 9.17) is 9.84 Å². The molecule has 0 spiro atoms. The molecule has 0 aromatic heterocycles. The minimum atomic E-state index is -0.794. The lowest BCUT2D eigenvalue weighted by atomic mass is 9.92. The van der Waals surface area contributed by atoms with Crippen molar-refractivity contribution in [2.24, 2.45) is 5.92 Å². The predicted molar refractivity (Wildman–Crippen MR) is 85.4 cm³/mol. The van der Waals surface area contributed by atoms with Gasteiger partial charge in [-0.3, -0.25) is 9.59 Å². The number of carbonyl (C=O) groups is 2. The van der Waals surface area contributed by atoms with E-state index in [-0.39, 0.29) is 24.3 Å². The number of hydrogen-bond acceptors (Lipinski definition) is 3. The van der Waals surface area contributed by atoms with Gasteiger partial charge >= 0.3 is 5.97 Å². The van der Waals surface area contributed by atoms with Crippen LogP contribution in [-0.2, 0) is 16.0 Å². The Morgan fingerprint density at radius 3 is 2.91 bits per heavy atom. The largest absolute Gasteiger partial charge is 0.492 e. The Hall–Kier alpha value is -2.04. The third-order valence-electron chi connectivity index (χ3n) is 4.83. The monoisotopic (exact) mass is 317 g/mol. The number of carboxylic acids is 1. The van der Waals surface area contributed by atoms with E-state index in [1.807, 2.05) is 29.2 Å². The molecule has 3 rings (SSSR count). The molecule has 0 radical (unpaired) electrons. The summed E-state index contributed by atoms with van der Waals surface area (Å²) in [5.74, 6) is 0.0421. The molecular weight excluding hydrogens is 294 g/mol. The van der Waals surface area contributed by atoms with E-state index in [9.17, 15) is 9.59 Å². The summed E-state index contributed by atoms with van der Waals surface area (Å²) in [6.07, 6.45) is 4.35. The van der Waals surface area contributed by atoms with Crippen LogP contribution in [0.4, 0.5) is 0 Å². The van der Waals surface area contributed by atoms with Crippen LogP contribution >= 0.6 is 0 Å². The number of para-hydroxylation sites is 1. The van der Waals surface area contributed by atoms with E-state index < -0.39 is 5.97 Å². The van der Waals surface area contributed by atoms with E-state index in [1.54, 1.807) is 0 Å². The van der Waals surface area contributed by atoms with Crippen LogP contribution in [0, 0.1) is 5.92 Å². The number of nitrogens with zero attached hydrogens (tertiary/aromatic N) is 1. The maximum absolute atomic E-state index is 12.9. The summed E-state index contributed by atoms with van der Waals surface area (Å²) in [5.41, 5.74) is 1.08. The molecular formula is C18H23NO4. The maximum Gasteiger partial charge on any atom is 0.303 e. The van der Waals surface area contributed by atoms with E-state index in [2.05, 4.69) is 0 Å². The first kappa shape index (κ1) is 15.8. The zero-order valence-electron chi connectivity index (χ0n) is 13.2. The van der Waals surface area contributed by atoms with Crippen molar-refractivity contribution in [3.8, 4) is 5.75 Å². The van der Waals surface area contributed by atoms with Gasteiger partial charge in [-0.15, -0.1) is 0 Å². The molecule has 23 heavy (non-hydrogen) atoms. The number of benzene rings is 1. The molecule has 2 unspecified atom stereocenters. The Morgan fingerprint density at radius 1 is 1.26 bits per heavy atom. The highest BCUT2D eigenvalue weighted by Gasteiger charge is 2.34. The van der Waals surface area contributed by atoms with Crippen LogP contribution in [0.1, 0.15) is 37.7 Å². The quantitative estimate of drug-likeness (QED) is 0.926. The molecule has 5 nitrogen and oxygen atoms in total. The Bertz CT molecular complexity index is 586. The maximum atomic E-state index is 12.9. The fourth-order valence-corrected chi connectivity index (χ4v) is 3.60. The highest BCUT2D eigenvalue weighted by molar-refractivity contribution is 5.80. The van der Waals surface area contributed by atoms with Gasteiger partial charge in [0.05, 0.1) is 5.92 Å². The Labute approximate surface area is 136 Å². The topological polar surface area (TPSA) is 66.8 Å². The summed E-state index contributed by atoms with van der Waals surface area (Å²) in [6, 6.07) is 7.91. The minimum absolute atomic E-state index is 0.0597. The Morgan fingerprint density at radius 2 is 2.09 bits per heavy atom. The molecule has 1 fully saturated rings. The van der Waals surface area contributed by atoms with Crippen molar-refractivity contribution in [3.05, 3.63) is 29.8 Å². The number of fused-ring (bicyclic) bond motifs is 1. The van der Waals surface area contributed by atoms with Crippen molar-refractivity contribution in [1.29, 1.82) is 0 Å². The molecule has 0 saturated carbocycles. The van der Waals surface area contributed by atoms with Crippen LogP contribution in [0.15, 0.2) is 24.3 Å². The molecule has 2 atom stereocenters. The third kappa shape index (κ3) is 3.66. The van der Waals surface area contributed by atoms with Crippen molar-refractivity contribution in [1.82, 2.24) is 4.90 Å². The normalized spacial score (nSPS) is 23.7. The zero-order chi connectivity index (χ0) is 16.2. The van der Waals surface area contributed by atoms with E-state index in [0.29, 0.717) is 19.4 Å². The van der Waals surface area contributed by atoms with Gasteiger partial charge in [0.15, 0.2) is 0 Å². The molecule has 0 aliphatic carbocycles. The fraction of sp³-hybridized carbons (Fsp3) is 0.556. The standard InChI is InChI=1S/C18H23NO4/c20-17(21)9-8-15-6-3-4-10-19(15)18(22)14-11-13-5-1-2-7-16(13)23-12-14/h1-2,5,7,14-15H,3-4,6,8-12H2,(H,20,21). The Balaban J connectivity index is 1.67. The molecule has 1 aromatic carbocycles. The molecule has 2 aliphatic rings. The van der Waals surface area contributed by atoms with Crippen molar-refractivity contribution >= 4 is 11.9 Å². The number of rotatable bonds is 4. The second-order valence-electron chi connectivity index (χ2n) is 6.43. The molecule has 2 aliphatic heterocycles. The van der Waals surface area contributed by atoms with Crippen LogP contribution < -0.4 is 4.74 Å². The number of amides is 1. The first-order valence-corrected chi connectivity index (χ1v) is 8.38. The van der Waals surface area contributed by atoms with Gasteiger partial charge in [-0.25, -0.2) is 0 Å². The number of carboxylic acid groups (broad SMARTS) is 1. The SMILES string of the molecule is O=C(O)CCC1CCCCN1C(=O)C1COc2ccccc2C1. The molecule has 1 amide bonds. The average Bonchev–Trinajstić information content (AvgIpc) is 2.59. The van der Waals surface area contributed by atoms with Crippen LogP contribution in [0.3, 0.4) is 0 Å². The van der Waals surface area contributed by atoms with Crippen LogP contribution in [0.5, 0.6) is 5.75 Å². The van der Waals surface area contributed by atoms with Crippen molar-refractivity contribution < 1.29 is 19.4 Å². The predicted octanol–water partition coefficient (Wildman–Crippen LogP) is 2.48. The zero-order valence-corrected chi connectivity index (χ0v) is 13.2. The van der Waals surface area contributed by atoms with Crippen molar-refractivity contribution in [2.75, 3.05) is 13.2 Å². The summed E-state index contributed by atoms with van der Waals surface area (Å²) in [7, 11) is 0. The lowest BCUT2D eigenvalue weighted by Gasteiger charge is -2.38. The van der Waals surface area contributed by atoms with Gasteiger partial charge in [0.25, 0.3) is 0 Å². The van der Waals surface area contributed by atoms with Gasteiger partial charge in [0, 0.05) is 19.0 Å². The molecule has 0 bridgehead atoms. The summed E-state index contributed by atoms with van der Waals surface area (Å²) in [5, 5.41) is 8.90. The van der Waals surface area contributed by atoms with Crippen LogP contribution in [0.2, 0.25) is 0 Å². The van der Waals surface area contributed by atoms with Gasteiger partial charge < -0.3 is 14.7 Å². The molecule has 1 N–H and O–H groups in total. The summed E-state index contributed by atoms with van der Waals surface area (Å²) in [4.78, 5) is 25.7. The number of likely N-dealkylation sites (tertiary alicyclic amines) is 1. The molecule has 124 valence electrons. The fourth-order valence-electron chi connectivity index (χ4n) is 3.60. The third-order valence-corrected chi connectivity index (χ3v) is 4.83. The van der Waals surface area contributed by atoms with Gasteiger partial charge in [0.2, 0.25) is 5.91 Å². The molecule has 2 heterocycles. The van der Waals surface area contributed by atoms with E-state index in [1.165, 1.54) is 0 Å². The number of hydrogen-bond donors (Lipinski definition) is 1. The smallest absolute Gasteiger partial charge is 0.303 e. The number of ether oxygens (including phenoxy) is 1. The number of carbonyl (C=O) groups excluding carboxylic acids is 1. The highest BCUT2D eigenvalue weighted by Crippen LogP contribution is 2.30. The summed E-state index contributed by atoms with van der Waals surface area (Å²) in [6.45, 7) is 1.15. The number of piperidine rings is 1. The lowest BCUT2D eigenvalue weighted by Crippen LogP contribution is -2.48. The van der Waals surface area contributed by atoms with Crippen molar-refractivity contribution in [3.63, 3.8) is 0 Å². The minimum Gasteiger partial charge on any atom is -0.492 e. The highest BCUT2D eigenvalue weighted by atomic mass is 16.5. The summed E-state index contributed by atoms with van der Waals surface area (Å²) < 4.78 is 5.74. The molecule has 1 saturated heterocycles. The second kappa shape index (κ2) is 7.02. The van der Waals surface area contributed by atoms with Gasteiger partial charge in [0.1, 0.15) is 12.4 Å². The van der Waals surface area contributed by atoms with Gasteiger partial charge in [-0.05, 0) is 43.7 Å². The summed E-state index contributed by atoms with van der Waals surface area (Å²) >= 11 is 0. The molecule has 5 heteroatoms. The van der Waals surface area contributed by atoms with E-state index in [0.717, 1.165) is 37.1 Å². The van der Waals surface area contributed by atoms with E-state index >= 15 is 0 Å². The number of aliphatic carboxylic acids is 1. The van der Waals surface area contributed by atoms with Gasteiger partial charge in [-0.2, -0.15) is 0 Å². The molecule has 1 aromatic rings. The average molecular weight is 317 g/mol. The Kier molecular flexibility index (Phi) is 4.84. The van der Waals surface area contributed by atoms with Crippen molar-refractivity contribution in [2.45, 2.75) is 44.6 Å². The van der Waals surface area contributed by atoms with Crippen LogP contribution in [0.25, 0.3) is 0 Å². The lowest BCUT2D eigenvalue weighted by molar-refractivity contribution is -0.143. The first-order valence-electron chi connectivity index (χ1n) is 8.38. The first-order chi connectivity index (χ1) is 11.1. The van der Waals surface area contributed by atoms with Crippen LogP contribution in [-0.4, -0.2) is 41.1 Å². The second-order valence-corrected chi connectivity index (χ2v) is 6.43. The van der Waals surface area contributed by atoms with Gasteiger partial charge in [-0.1, -0.05) is 18.2 Å².